The van der Waals surface area contributed by atoms with Crippen LogP contribution in [0, 0.1) is 5.82 Å². The van der Waals surface area contributed by atoms with Gasteiger partial charge in [-0.15, -0.1) is 0 Å². The van der Waals surface area contributed by atoms with E-state index in [1.807, 2.05) is 0 Å². The minimum atomic E-state index is -0.229. The Bertz CT molecular complexity index is 354. The Hall–Kier alpha value is -0.770. The van der Waals surface area contributed by atoms with Gasteiger partial charge in [0.25, 0.3) is 0 Å². The third-order valence-electron chi connectivity index (χ3n) is 2.45. The molecule has 1 atom stereocenters. The van der Waals surface area contributed by atoms with Gasteiger partial charge in [-0.1, -0.05) is 6.92 Å². The summed E-state index contributed by atoms with van der Waals surface area (Å²) in [4.78, 5) is 0. The van der Waals surface area contributed by atoms with Crippen molar-refractivity contribution in [3.8, 4) is 0 Å². The van der Waals surface area contributed by atoms with Gasteiger partial charge >= 0.3 is 0 Å². The van der Waals surface area contributed by atoms with Crippen molar-refractivity contribution < 1.29 is 4.39 Å². The molecule has 2 rings (SSSR count). The number of hydrogen-bond donors (Lipinski definition) is 2. The molecule has 0 aromatic heterocycles. The van der Waals surface area contributed by atoms with E-state index in [0.29, 0.717) is 10.5 Å². The molecule has 0 amide bonds. The lowest BCUT2D eigenvalue weighted by Crippen LogP contribution is -2.32. The van der Waals surface area contributed by atoms with Crippen LogP contribution in [0.1, 0.15) is 13.3 Å². The van der Waals surface area contributed by atoms with Crippen molar-refractivity contribution in [3.63, 3.8) is 0 Å². The molecule has 0 spiro atoms. The fourth-order valence-electron chi connectivity index (χ4n) is 1.56. The van der Waals surface area contributed by atoms with Crippen molar-refractivity contribution in [2.24, 2.45) is 0 Å². The number of nitrogens with one attached hydrogen (secondary N) is 2. The molecule has 0 aliphatic carbocycles. The normalized spacial score (nSPS) is 19.5. The zero-order chi connectivity index (χ0) is 10.1. The average molecular weight is 259 g/mol. The molecule has 76 valence electrons. The van der Waals surface area contributed by atoms with Crippen molar-refractivity contribution in [2.75, 3.05) is 17.2 Å². The molecular weight excluding hydrogens is 247 g/mol. The van der Waals surface area contributed by atoms with Crippen LogP contribution in [0.5, 0.6) is 0 Å². The molecule has 0 saturated heterocycles. The Balaban J connectivity index is 2.33. The van der Waals surface area contributed by atoms with E-state index in [1.165, 1.54) is 6.07 Å². The average Bonchev–Trinajstić information content (AvgIpc) is 2.19. The Morgan fingerprint density at radius 1 is 1.50 bits per heavy atom. The van der Waals surface area contributed by atoms with Gasteiger partial charge in [0, 0.05) is 18.7 Å². The highest BCUT2D eigenvalue weighted by atomic mass is 79.9. The molecule has 2 nitrogen and oxygen atoms in total. The Morgan fingerprint density at radius 3 is 3.00 bits per heavy atom. The van der Waals surface area contributed by atoms with Crippen LogP contribution in [-0.4, -0.2) is 12.6 Å². The summed E-state index contributed by atoms with van der Waals surface area (Å²) >= 11 is 3.17. The Labute approximate surface area is 91.0 Å². The summed E-state index contributed by atoms with van der Waals surface area (Å²) in [6, 6.07) is 3.72. The van der Waals surface area contributed by atoms with Crippen LogP contribution >= 0.6 is 15.9 Å². The highest BCUT2D eigenvalue weighted by Crippen LogP contribution is 2.31. The smallest absolute Gasteiger partial charge is 0.139 e. The van der Waals surface area contributed by atoms with E-state index in [9.17, 15) is 4.39 Å². The predicted molar refractivity (Wildman–Crippen MR) is 60.3 cm³/mol. The Kier molecular flexibility index (Phi) is 2.63. The van der Waals surface area contributed by atoms with Crippen LogP contribution in [-0.2, 0) is 0 Å². The maximum absolute atomic E-state index is 13.2. The second-order valence-electron chi connectivity index (χ2n) is 3.44. The van der Waals surface area contributed by atoms with E-state index in [2.05, 4.69) is 33.5 Å². The first-order valence-corrected chi connectivity index (χ1v) is 5.49. The predicted octanol–water partition coefficient (Wildman–Crippen LogP) is 3.20. The number of rotatable bonds is 1. The van der Waals surface area contributed by atoms with Crippen LogP contribution in [0.15, 0.2) is 16.6 Å². The van der Waals surface area contributed by atoms with Gasteiger partial charge in [-0.05, 0) is 28.4 Å². The van der Waals surface area contributed by atoms with Crippen LogP contribution in [0.2, 0.25) is 0 Å². The minimum Gasteiger partial charge on any atom is -0.381 e. The molecule has 14 heavy (non-hydrogen) atoms. The van der Waals surface area contributed by atoms with E-state index < -0.39 is 0 Å². The highest BCUT2D eigenvalue weighted by molar-refractivity contribution is 9.10. The summed E-state index contributed by atoms with van der Waals surface area (Å²) in [6.07, 6.45) is 1.06. The van der Waals surface area contributed by atoms with Gasteiger partial charge in [0.15, 0.2) is 0 Å². The Morgan fingerprint density at radius 2 is 2.29 bits per heavy atom. The van der Waals surface area contributed by atoms with Gasteiger partial charge in [-0.2, -0.15) is 0 Å². The third-order valence-corrected chi connectivity index (χ3v) is 3.06. The topological polar surface area (TPSA) is 24.1 Å². The quantitative estimate of drug-likeness (QED) is 0.809. The lowest BCUT2D eigenvalue weighted by molar-refractivity contribution is 0.620. The largest absolute Gasteiger partial charge is 0.381 e. The first-order chi connectivity index (χ1) is 6.70. The fraction of sp³-hybridized carbons (Fsp3) is 0.400. The zero-order valence-electron chi connectivity index (χ0n) is 7.90. The van der Waals surface area contributed by atoms with Crippen molar-refractivity contribution in [1.29, 1.82) is 0 Å². The molecule has 0 radical (unpaired) electrons. The number of hydrogen-bond acceptors (Lipinski definition) is 2. The van der Waals surface area contributed by atoms with Crippen molar-refractivity contribution >= 4 is 27.3 Å². The SMILES string of the molecule is CCC1CNc2cc(F)c(Br)cc2N1. The first kappa shape index (κ1) is 9.77. The van der Waals surface area contributed by atoms with Crippen LogP contribution in [0.4, 0.5) is 15.8 Å². The summed E-state index contributed by atoms with van der Waals surface area (Å²) in [5, 5.41) is 6.56. The van der Waals surface area contributed by atoms with Gasteiger partial charge in [0.1, 0.15) is 5.82 Å². The first-order valence-electron chi connectivity index (χ1n) is 4.70. The molecule has 1 aliphatic heterocycles. The summed E-state index contributed by atoms with van der Waals surface area (Å²) in [7, 11) is 0. The second-order valence-corrected chi connectivity index (χ2v) is 4.30. The molecule has 4 heteroatoms. The summed E-state index contributed by atoms with van der Waals surface area (Å²) in [5.41, 5.74) is 1.81. The van der Waals surface area contributed by atoms with E-state index in [1.54, 1.807) is 6.07 Å². The molecule has 1 aromatic rings. The number of halogens is 2. The van der Waals surface area contributed by atoms with Gasteiger partial charge in [-0.25, -0.2) is 4.39 Å². The monoisotopic (exact) mass is 258 g/mol. The molecule has 1 heterocycles. The molecule has 0 fully saturated rings. The summed E-state index contributed by atoms with van der Waals surface area (Å²) < 4.78 is 13.7. The van der Waals surface area contributed by atoms with Crippen LogP contribution in [0.25, 0.3) is 0 Å². The molecule has 1 unspecified atom stereocenters. The van der Waals surface area contributed by atoms with Crippen LogP contribution < -0.4 is 10.6 Å². The van der Waals surface area contributed by atoms with Gasteiger partial charge in [0.05, 0.1) is 15.8 Å². The number of fused-ring (bicyclic) bond motifs is 1. The standard InChI is InChI=1S/C10H12BrFN2/c1-2-6-5-13-9-4-8(12)7(11)3-10(9)14-6/h3-4,6,13-14H,2,5H2,1H3. The third kappa shape index (κ3) is 1.71. The zero-order valence-corrected chi connectivity index (χ0v) is 9.49. The van der Waals surface area contributed by atoms with E-state index in [4.69, 9.17) is 0 Å². The highest BCUT2D eigenvalue weighted by Gasteiger charge is 2.17. The van der Waals surface area contributed by atoms with Gasteiger partial charge in [-0.3, -0.25) is 0 Å². The number of anilines is 2. The molecular formula is C10H12BrFN2. The van der Waals surface area contributed by atoms with E-state index in [0.717, 1.165) is 24.3 Å². The lowest BCUT2D eigenvalue weighted by Gasteiger charge is -2.27. The maximum atomic E-state index is 13.2. The van der Waals surface area contributed by atoms with E-state index in [-0.39, 0.29) is 5.82 Å². The van der Waals surface area contributed by atoms with Crippen molar-refractivity contribution in [1.82, 2.24) is 0 Å². The van der Waals surface area contributed by atoms with Crippen LogP contribution in [0.3, 0.4) is 0 Å². The number of benzene rings is 1. The molecule has 0 bridgehead atoms. The molecule has 2 N–H and O–H groups in total. The van der Waals surface area contributed by atoms with Crippen molar-refractivity contribution in [3.05, 3.63) is 22.4 Å². The van der Waals surface area contributed by atoms with Crippen molar-refractivity contribution in [2.45, 2.75) is 19.4 Å². The minimum absolute atomic E-state index is 0.229. The summed E-state index contributed by atoms with van der Waals surface area (Å²) in [6.45, 7) is 2.98. The molecule has 1 aliphatic rings. The second kappa shape index (κ2) is 3.77. The van der Waals surface area contributed by atoms with Gasteiger partial charge < -0.3 is 10.6 Å². The maximum Gasteiger partial charge on any atom is 0.139 e. The molecule has 1 aromatic carbocycles. The molecule has 0 saturated carbocycles. The van der Waals surface area contributed by atoms with Gasteiger partial charge in [0.2, 0.25) is 0 Å². The summed E-state index contributed by atoms with van der Waals surface area (Å²) in [5.74, 6) is -0.229. The fourth-order valence-corrected chi connectivity index (χ4v) is 1.91. The van der Waals surface area contributed by atoms with E-state index >= 15 is 0 Å². The lowest BCUT2D eigenvalue weighted by atomic mass is 10.1.